The van der Waals surface area contributed by atoms with Crippen LogP contribution in [0.4, 0.5) is 18.3 Å². The molecule has 2 rings (SSSR count). The van der Waals surface area contributed by atoms with Crippen LogP contribution < -0.4 is 9.64 Å². The molecule has 0 saturated carbocycles. The molecule has 0 unspecified atom stereocenters. The summed E-state index contributed by atoms with van der Waals surface area (Å²) in [5.74, 6) is -2.09. The van der Waals surface area contributed by atoms with E-state index in [0.29, 0.717) is 9.11 Å². The van der Waals surface area contributed by atoms with Gasteiger partial charge in [-0.25, -0.2) is 4.98 Å². The number of thiocyanates is 1. The van der Waals surface area contributed by atoms with E-state index in [1.54, 1.807) is 5.40 Å². The molecule has 0 radical (unpaired) electrons. The molecule has 1 aromatic heterocycles. The summed E-state index contributed by atoms with van der Waals surface area (Å²) in [7, 11) is 1.29. The van der Waals surface area contributed by atoms with Crippen LogP contribution in [0, 0.1) is 10.7 Å². The Morgan fingerprint density at radius 1 is 1.52 bits per heavy atom. The van der Waals surface area contributed by atoms with Crippen LogP contribution in [-0.4, -0.2) is 29.3 Å². The highest BCUT2D eigenvalue weighted by Gasteiger charge is 2.44. The molecule has 1 heterocycles. The predicted molar refractivity (Wildman–Crippen MR) is 85.5 cm³/mol. The zero-order chi connectivity index (χ0) is 18.6. The SMILES string of the molecule is COc1cc(O)ccc1CN(C(=O)C(F)(F)F)c1ncc(SC#N)s1. The Bertz CT molecular complexity index is 818. The number of thioether (sulfide) groups is 1. The van der Waals surface area contributed by atoms with Crippen molar-refractivity contribution in [3.05, 3.63) is 30.0 Å². The van der Waals surface area contributed by atoms with Gasteiger partial charge in [-0.05, 0) is 12.1 Å². The Morgan fingerprint density at radius 3 is 2.84 bits per heavy atom. The lowest BCUT2D eigenvalue weighted by Crippen LogP contribution is -2.40. The van der Waals surface area contributed by atoms with E-state index < -0.39 is 18.6 Å². The second-order valence-electron chi connectivity index (χ2n) is 4.54. The predicted octanol–water partition coefficient (Wildman–Crippen LogP) is 3.53. The van der Waals surface area contributed by atoms with Crippen molar-refractivity contribution in [2.75, 3.05) is 12.0 Å². The lowest BCUT2D eigenvalue weighted by molar-refractivity contribution is -0.170. The molecule has 0 atom stereocenters. The minimum absolute atomic E-state index is 0.128. The quantitative estimate of drug-likeness (QED) is 0.622. The summed E-state index contributed by atoms with van der Waals surface area (Å²) in [5, 5.41) is 19.6. The third kappa shape index (κ3) is 4.55. The van der Waals surface area contributed by atoms with Gasteiger partial charge in [0, 0.05) is 23.4 Å². The number of nitrogens with zero attached hydrogens (tertiary/aromatic N) is 3. The molecule has 2 aromatic rings. The van der Waals surface area contributed by atoms with Gasteiger partial charge in [0.15, 0.2) is 5.13 Å². The Morgan fingerprint density at radius 2 is 2.24 bits per heavy atom. The molecular weight excluding hydrogens is 379 g/mol. The number of aromatic hydroxyl groups is 1. The fourth-order valence-corrected chi connectivity index (χ4v) is 3.23. The summed E-state index contributed by atoms with van der Waals surface area (Å²) in [6.45, 7) is -0.466. The van der Waals surface area contributed by atoms with Crippen molar-refractivity contribution in [1.29, 1.82) is 5.26 Å². The van der Waals surface area contributed by atoms with Gasteiger partial charge in [0.1, 0.15) is 16.9 Å². The average molecular weight is 389 g/mol. The Kier molecular flexibility index (Phi) is 5.76. The standard InChI is InChI=1S/C14H10F3N3O3S2/c1-23-10-4-9(21)3-2-8(10)6-20(12(22)14(15,16)17)13-19-5-11(25-13)24-7-18/h2-5,21H,6H2,1H3. The van der Waals surface area contributed by atoms with Crippen LogP contribution in [0.25, 0.3) is 0 Å². The molecule has 1 aromatic carbocycles. The lowest BCUT2D eigenvalue weighted by atomic mass is 10.1. The number of phenols is 1. The average Bonchev–Trinajstić information content (AvgIpc) is 3.00. The van der Waals surface area contributed by atoms with E-state index in [2.05, 4.69) is 4.98 Å². The van der Waals surface area contributed by atoms with Crippen molar-refractivity contribution in [3.8, 4) is 16.9 Å². The number of halogens is 3. The Hall–Kier alpha value is -2.45. The summed E-state index contributed by atoms with van der Waals surface area (Å²) in [5.41, 5.74) is 0.252. The van der Waals surface area contributed by atoms with E-state index in [1.165, 1.54) is 31.5 Å². The van der Waals surface area contributed by atoms with Gasteiger partial charge < -0.3 is 9.84 Å². The Labute approximate surface area is 148 Å². The number of amides is 1. The lowest BCUT2D eigenvalue weighted by Gasteiger charge is -2.22. The highest BCUT2D eigenvalue weighted by molar-refractivity contribution is 8.05. The topological polar surface area (TPSA) is 86.5 Å². The molecule has 0 bridgehead atoms. The molecular formula is C14H10F3N3O3S2. The number of nitriles is 1. The first-order valence-corrected chi connectivity index (χ1v) is 8.16. The molecule has 0 aliphatic carbocycles. The maximum atomic E-state index is 12.9. The molecule has 0 spiro atoms. The van der Waals surface area contributed by atoms with Gasteiger partial charge in [-0.15, -0.1) is 0 Å². The van der Waals surface area contributed by atoms with Crippen molar-refractivity contribution in [2.45, 2.75) is 16.9 Å². The second-order valence-corrected chi connectivity index (χ2v) is 6.63. The van der Waals surface area contributed by atoms with Crippen LogP contribution in [0.15, 0.2) is 28.6 Å². The molecule has 25 heavy (non-hydrogen) atoms. The number of rotatable bonds is 5. The molecule has 11 heteroatoms. The van der Waals surface area contributed by atoms with E-state index in [-0.39, 0.29) is 22.2 Å². The van der Waals surface area contributed by atoms with Gasteiger partial charge >= 0.3 is 12.1 Å². The number of ether oxygens (including phenoxy) is 1. The molecule has 6 nitrogen and oxygen atoms in total. The van der Waals surface area contributed by atoms with E-state index in [9.17, 15) is 23.1 Å². The third-order valence-corrected chi connectivity index (χ3v) is 4.65. The zero-order valence-electron chi connectivity index (χ0n) is 12.6. The number of methoxy groups -OCH3 is 1. The first kappa shape index (κ1) is 18.9. The Balaban J connectivity index is 2.41. The van der Waals surface area contributed by atoms with Gasteiger partial charge in [0.2, 0.25) is 0 Å². The molecule has 0 saturated heterocycles. The fourth-order valence-electron chi connectivity index (χ4n) is 1.88. The van der Waals surface area contributed by atoms with Crippen LogP contribution in [-0.2, 0) is 11.3 Å². The fraction of sp³-hybridized carbons (Fsp3) is 0.214. The van der Waals surface area contributed by atoms with Crippen LogP contribution in [0.5, 0.6) is 11.5 Å². The molecule has 1 N–H and O–H groups in total. The number of carbonyl (C=O) groups excluding carboxylic acids is 1. The van der Waals surface area contributed by atoms with Crippen LogP contribution >= 0.6 is 23.1 Å². The number of carbonyl (C=O) groups is 1. The highest BCUT2D eigenvalue weighted by Crippen LogP contribution is 2.34. The van der Waals surface area contributed by atoms with Crippen LogP contribution in [0.2, 0.25) is 0 Å². The molecule has 0 aliphatic heterocycles. The largest absolute Gasteiger partial charge is 0.508 e. The summed E-state index contributed by atoms with van der Waals surface area (Å²) >= 11 is 1.52. The normalized spacial score (nSPS) is 11.0. The number of hydrogen-bond donors (Lipinski definition) is 1. The van der Waals surface area contributed by atoms with Crippen molar-refractivity contribution in [1.82, 2.24) is 4.98 Å². The van der Waals surface area contributed by atoms with Gasteiger partial charge in [-0.1, -0.05) is 11.3 Å². The number of hydrogen-bond acceptors (Lipinski definition) is 7. The number of thiazole rings is 1. The van der Waals surface area contributed by atoms with Crippen molar-refractivity contribution >= 4 is 34.1 Å². The van der Waals surface area contributed by atoms with Crippen molar-refractivity contribution < 1.29 is 27.8 Å². The molecule has 132 valence electrons. The number of benzene rings is 1. The number of phenolic OH excluding ortho intramolecular Hbond substituents is 1. The number of alkyl halides is 3. The van der Waals surface area contributed by atoms with E-state index in [0.717, 1.165) is 23.1 Å². The first-order chi connectivity index (χ1) is 11.8. The molecule has 0 fully saturated rings. The third-order valence-electron chi connectivity index (χ3n) is 2.94. The summed E-state index contributed by atoms with van der Waals surface area (Å²) in [6.07, 6.45) is -3.88. The molecule has 1 amide bonds. The van der Waals surface area contributed by atoms with E-state index in [4.69, 9.17) is 10.00 Å². The van der Waals surface area contributed by atoms with E-state index in [1.807, 2.05) is 0 Å². The van der Waals surface area contributed by atoms with Gasteiger partial charge in [0.05, 0.1) is 24.1 Å². The van der Waals surface area contributed by atoms with Crippen molar-refractivity contribution in [2.24, 2.45) is 0 Å². The minimum atomic E-state index is -5.10. The number of aromatic nitrogens is 1. The maximum absolute atomic E-state index is 12.9. The minimum Gasteiger partial charge on any atom is -0.508 e. The van der Waals surface area contributed by atoms with Gasteiger partial charge in [-0.2, -0.15) is 18.4 Å². The van der Waals surface area contributed by atoms with Gasteiger partial charge in [-0.3, -0.25) is 9.69 Å². The number of anilines is 1. The summed E-state index contributed by atoms with van der Waals surface area (Å²) in [4.78, 5) is 16.1. The maximum Gasteiger partial charge on any atom is 0.471 e. The van der Waals surface area contributed by atoms with E-state index >= 15 is 0 Å². The van der Waals surface area contributed by atoms with Crippen LogP contribution in [0.1, 0.15) is 5.56 Å². The van der Waals surface area contributed by atoms with Crippen LogP contribution in [0.3, 0.4) is 0 Å². The van der Waals surface area contributed by atoms with Gasteiger partial charge in [0.25, 0.3) is 0 Å². The second kappa shape index (κ2) is 7.62. The zero-order valence-corrected chi connectivity index (χ0v) is 14.2. The summed E-state index contributed by atoms with van der Waals surface area (Å²) in [6, 6.07) is 3.85. The monoisotopic (exact) mass is 389 g/mol. The molecule has 0 aliphatic rings. The van der Waals surface area contributed by atoms with Crippen molar-refractivity contribution in [3.63, 3.8) is 0 Å². The summed E-state index contributed by atoms with van der Waals surface area (Å²) < 4.78 is 44.2. The highest BCUT2D eigenvalue weighted by atomic mass is 32.2. The first-order valence-electron chi connectivity index (χ1n) is 6.52. The smallest absolute Gasteiger partial charge is 0.471 e.